The topological polar surface area (TPSA) is 251 Å². The summed E-state index contributed by atoms with van der Waals surface area (Å²) >= 11 is 0. The Kier molecular flexibility index (Phi) is 24.6. The smallest absolute Gasteiger partial charge is 0.160 e. The van der Waals surface area contributed by atoms with Crippen molar-refractivity contribution in [3.63, 3.8) is 0 Å². The quantitative estimate of drug-likeness (QED) is 0.0263. The number of hydrogen-bond acceptors (Lipinski definition) is 15. The van der Waals surface area contributed by atoms with Crippen molar-refractivity contribution in [2.24, 2.45) is 0 Å². The second-order valence-electron chi connectivity index (χ2n) is 17.8. The van der Waals surface area contributed by atoms with Gasteiger partial charge in [-0.15, -0.1) is 0 Å². The van der Waals surface area contributed by atoms with Crippen LogP contribution in [0.1, 0.15) is 91.2 Å². The molecule has 396 valence electrons. The van der Waals surface area contributed by atoms with Crippen LogP contribution in [-0.4, -0.2) is 86.7 Å². The fraction of sp³-hybridized carbons (Fsp3) is 0.300. The molecule has 0 saturated heterocycles. The lowest BCUT2D eigenvalue weighted by molar-refractivity contribution is -0.128. The van der Waals surface area contributed by atoms with Crippen molar-refractivity contribution in [3.05, 3.63) is 161 Å². The lowest BCUT2D eigenvalue weighted by Gasteiger charge is -2.07. The molecule has 0 spiro atoms. The van der Waals surface area contributed by atoms with Crippen LogP contribution in [0, 0.1) is 0 Å². The Morgan fingerprint density at radius 2 is 0.480 bits per heavy atom. The summed E-state index contributed by atoms with van der Waals surface area (Å²) in [6.07, 6.45) is 4.74. The van der Waals surface area contributed by atoms with Gasteiger partial charge in [0.05, 0.1) is 40.6 Å². The van der Waals surface area contributed by atoms with Crippen molar-refractivity contribution in [1.82, 2.24) is 0 Å². The van der Waals surface area contributed by atoms with Gasteiger partial charge in [0.25, 0.3) is 0 Å². The molecule has 6 rings (SSSR count). The van der Waals surface area contributed by atoms with Gasteiger partial charge >= 0.3 is 0 Å². The van der Waals surface area contributed by atoms with E-state index in [0.717, 1.165) is 33.4 Å². The Morgan fingerprint density at radius 3 is 0.680 bits per heavy atom. The second kappa shape index (κ2) is 31.2. The first-order chi connectivity index (χ1) is 35.9. The minimum atomic E-state index is -0.115. The molecule has 6 N–H and O–H groups in total. The summed E-state index contributed by atoms with van der Waals surface area (Å²) in [7, 11) is 4.40. The fourth-order valence-corrected chi connectivity index (χ4v) is 7.51. The summed E-state index contributed by atoms with van der Waals surface area (Å²) in [5, 5.41) is 56.3. The maximum absolute atomic E-state index is 12.1. The third kappa shape index (κ3) is 22.5. The summed E-state index contributed by atoms with van der Waals surface area (Å²) in [5.74, 6) is 1.31. The summed E-state index contributed by atoms with van der Waals surface area (Å²) in [5.41, 5.74) is 5.48. The zero-order valence-electron chi connectivity index (χ0n) is 42.6. The molecular weight excluding hydrogens is 961 g/mol. The molecule has 0 atom stereocenters. The zero-order chi connectivity index (χ0) is 54.7. The molecule has 0 aliphatic heterocycles. The van der Waals surface area contributed by atoms with Crippen molar-refractivity contribution in [2.75, 3.05) is 21.3 Å². The molecule has 0 fully saturated rings. The van der Waals surface area contributed by atoms with Crippen LogP contribution < -0.4 is 14.2 Å². The molecule has 6 aromatic carbocycles. The van der Waals surface area contributed by atoms with Gasteiger partial charge in [0, 0.05) is 38.5 Å². The van der Waals surface area contributed by atoms with E-state index < -0.39 is 0 Å². The summed E-state index contributed by atoms with van der Waals surface area (Å²) in [6.45, 7) is 0. The van der Waals surface area contributed by atoms with Crippen LogP contribution in [0.15, 0.2) is 127 Å². The largest absolute Gasteiger partial charge is 0.508 e. The minimum Gasteiger partial charge on any atom is -0.508 e. The Bertz CT molecular complexity index is 2690. The molecule has 0 radical (unpaired) electrons. The SMILES string of the molecule is COc1cc(CCC(=O)CC(=O)CCc2ccc(O)c(OC)c2)ccc1O.COc1cc(CCC(=O)CC(=O)CCc2ccc(O)cc2)ccc1O.O=C(CCc1ccc(O)cc1)CC(=O)CCc1ccc(O)cc1. The Morgan fingerprint density at radius 1 is 0.293 bits per heavy atom. The highest BCUT2D eigenvalue weighted by Gasteiger charge is 2.15. The number of rotatable bonds is 27. The third-order valence-electron chi connectivity index (χ3n) is 11.9. The second-order valence-corrected chi connectivity index (χ2v) is 17.8. The van der Waals surface area contributed by atoms with Crippen LogP contribution in [0.3, 0.4) is 0 Å². The molecule has 6 aromatic rings. The van der Waals surface area contributed by atoms with Gasteiger partial charge in [-0.2, -0.15) is 0 Å². The van der Waals surface area contributed by atoms with Crippen LogP contribution in [0.2, 0.25) is 0 Å². The standard InChI is InChI=1S/C21H24O6.C20H22O5.C19H20O4/c1-26-20-11-14(5-9-18(20)24)3-7-16(22)13-17(23)8-4-15-6-10-19(25)21(12-15)27-2;1-25-20-12-15(6-11-19(20)24)5-10-18(23)13-17(22)9-4-14-2-7-16(21)8-3-14;20-16-7-1-14(2-8-16)5-11-18(22)13-19(23)12-6-15-3-9-17(21)10-4-15/h5-6,9-12,24-25H,3-4,7-8,13H2,1-2H3;2-3,6-8,11-12,21,24H,4-5,9-10,13H2,1H3;1-4,7-10,20-21H,5-6,11-13H2. The van der Waals surface area contributed by atoms with Crippen LogP contribution in [0.25, 0.3) is 0 Å². The number of methoxy groups -OCH3 is 3. The molecule has 15 nitrogen and oxygen atoms in total. The first-order valence-corrected chi connectivity index (χ1v) is 24.4. The van der Waals surface area contributed by atoms with Gasteiger partial charge in [-0.25, -0.2) is 0 Å². The van der Waals surface area contributed by atoms with Gasteiger partial charge < -0.3 is 44.8 Å². The van der Waals surface area contributed by atoms with E-state index in [1.54, 1.807) is 109 Å². The highest BCUT2D eigenvalue weighted by atomic mass is 16.5. The van der Waals surface area contributed by atoms with Crippen molar-refractivity contribution in [3.8, 4) is 51.7 Å². The Balaban J connectivity index is 0.000000244. The van der Waals surface area contributed by atoms with E-state index in [9.17, 15) is 59.4 Å². The molecule has 0 saturated carbocycles. The lowest BCUT2D eigenvalue weighted by atomic mass is 10.0. The average molecular weight is 1030 g/mol. The number of aromatic hydroxyl groups is 6. The van der Waals surface area contributed by atoms with Crippen molar-refractivity contribution >= 4 is 34.7 Å². The number of hydrogen-bond donors (Lipinski definition) is 6. The van der Waals surface area contributed by atoms with E-state index in [0.29, 0.717) is 75.0 Å². The van der Waals surface area contributed by atoms with Crippen LogP contribution in [-0.2, 0) is 67.3 Å². The van der Waals surface area contributed by atoms with Gasteiger partial charge in [0.2, 0.25) is 0 Å². The fourth-order valence-electron chi connectivity index (χ4n) is 7.51. The van der Waals surface area contributed by atoms with Gasteiger partial charge in [0.1, 0.15) is 51.9 Å². The molecule has 0 heterocycles. The molecule has 15 heteroatoms. The molecule has 0 aliphatic rings. The normalized spacial score (nSPS) is 10.4. The zero-order valence-corrected chi connectivity index (χ0v) is 42.6. The summed E-state index contributed by atoms with van der Waals surface area (Å²) < 4.78 is 15.1. The summed E-state index contributed by atoms with van der Waals surface area (Å²) in [4.78, 5) is 71.7. The van der Waals surface area contributed by atoms with E-state index in [4.69, 9.17) is 14.2 Å². The van der Waals surface area contributed by atoms with Crippen LogP contribution in [0.5, 0.6) is 51.7 Å². The first kappa shape index (κ1) is 59.1. The number of Topliss-reactive ketones (excluding diaryl/α,β-unsaturated/α-hetero) is 6. The Hall–Kier alpha value is -8.46. The molecule has 0 aromatic heterocycles. The van der Waals surface area contributed by atoms with Gasteiger partial charge in [-0.1, -0.05) is 54.6 Å². The van der Waals surface area contributed by atoms with Gasteiger partial charge in [-0.05, 0) is 145 Å². The van der Waals surface area contributed by atoms with E-state index in [1.165, 1.54) is 39.5 Å². The van der Waals surface area contributed by atoms with Crippen LogP contribution >= 0.6 is 0 Å². The monoisotopic (exact) mass is 1030 g/mol. The predicted octanol–water partition coefficient (Wildman–Crippen LogP) is 9.60. The number of phenolic OH excluding ortho intramolecular Hbond substituents is 6. The van der Waals surface area contributed by atoms with E-state index in [1.807, 2.05) is 0 Å². The molecule has 0 unspecified atom stereocenters. The van der Waals surface area contributed by atoms with Crippen molar-refractivity contribution in [1.29, 1.82) is 0 Å². The number of phenols is 6. The third-order valence-corrected chi connectivity index (χ3v) is 11.9. The minimum absolute atomic E-state index is 0.0316. The molecule has 0 aliphatic carbocycles. The number of benzene rings is 6. The highest BCUT2D eigenvalue weighted by Crippen LogP contribution is 2.29. The number of ketones is 6. The number of ether oxygens (including phenoxy) is 3. The lowest BCUT2D eigenvalue weighted by Crippen LogP contribution is -2.09. The highest BCUT2D eigenvalue weighted by molar-refractivity contribution is 6.00. The number of carbonyl (C=O) groups is 6. The maximum atomic E-state index is 12.1. The van der Waals surface area contributed by atoms with E-state index in [-0.39, 0.29) is 108 Å². The summed E-state index contributed by atoms with van der Waals surface area (Å²) in [6, 6.07) is 35.0. The molecular formula is C60H66O15. The number of aryl methyl sites for hydroxylation is 6. The molecule has 75 heavy (non-hydrogen) atoms. The molecule has 0 bridgehead atoms. The Labute approximate surface area is 437 Å². The van der Waals surface area contributed by atoms with Gasteiger partial charge in [0.15, 0.2) is 34.5 Å². The van der Waals surface area contributed by atoms with E-state index >= 15 is 0 Å². The van der Waals surface area contributed by atoms with Crippen molar-refractivity contribution in [2.45, 2.75) is 96.3 Å². The van der Waals surface area contributed by atoms with E-state index in [2.05, 4.69) is 0 Å². The first-order valence-electron chi connectivity index (χ1n) is 24.4. The average Bonchev–Trinajstić information content (AvgIpc) is 3.40. The van der Waals surface area contributed by atoms with Crippen molar-refractivity contribution < 1.29 is 73.6 Å². The maximum Gasteiger partial charge on any atom is 0.160 e. The molecule has 0 amide bonds. The predicted molar refractivity (Wildman–Crippen MR) is 282 cm³/mol. The van der Waals surface area contributed by atoms with Crippen LogP contribution in [0.4, 0.5) is 0 Å². The number of carbonyl (C=O) groups excluding carboxylic acids is 6. The van der Waals surface area contributed by atoms with Gasteiger partial charge in [-0.3, -0.25) is 28.8 Å².